The van der Waals surface area contributed by atoms with Crippen molar-refractivity contribution < 1.29 is 0 Å². The van der Waals surface area contributed by atoms with Crippen molar-refractivity contribution in [2.24, 2.45) is 5.73 Å². The molecular formula is C8H21N5. The number of hydrogen-bond acceptors (Lipinski definition) is 5. The lowest BCUT2D eigenvalue weighted by atomic mass is 10.3. The van der Waals surface area contributed by atoms with E-state index in [-0.39, 0.29) is 6.17 Å². The van der Waals surface area contributed by atoms with E-state index in [4.69, 9.17) is 5.73 Å². The van der Waals surface area contributed by atoms with Crippen molar-refractivity contribution in [2.75, 3.05) is 33.7 Å². The van der Waals surface area contributed by atoms with E-state index in [0.717, 1.165) is 26.1 Å². The van der Waals surface area contributed by atoms with E-state index < -0.39 is 0 Å². The van der Waals surface area contributed by atoms with Crippen LogP contribution in [-0.2, 0) is 0 Å². The first-order valence-electron chi connectivity index (χ1n) is 4.85. The highest BCUT2D eigenvalue weighted by atomic mass is 15.7. The molecule has 1 heterocycles. The molecule has 0 aliphatic carbocycles. The number of nitrogens with two attached hydrogens (primary N) is 1. The second kappa shape index (κ2) is 5.51. The van der Waals surface area contributed by atoms with Gasteiger partial charge in [-0.1, -0.05) is 0 Å². The van der Waals surface area contributed by atoms with E-state index in [2.05, 4.69) is 35.0 Å². The molecule has 78 valence electrons. The van der Waals surface area contributed by atoms with E-state index in [1.165, 1.54) is 6.42 Å². The van der Waals surface area contributed by atoms with Gasteiger partial charge < -0.3 is 10.6 Å². The summed E-state index contributed by atoms with van der Waals surface area (Å²) in [6.07, 6.45) is 2.29. The predicted molar refractivity (Wildman–Crippen MR) is 53.6 cm³/mol. The van der Waals surface area contributed by atoms with Crippen LogP contribution in [0.3, 0.4) is 0 Å². The normalized spacial score (nSPS) is 25.4. The lowest BCUT2D eigenvalue weighted by Crippen LogP contribution is -2.60. The van der Waals surface area contributed by atoms with Crippen molar-refractivity contribution in [1.29, 1.82) is 0 Å². The van der Waals surface area contributed by atoms with Crippen LogP contribution in [0.2, 0.25) is 0 Å². The molecule has 4 N–H and O–H groups in total. The summed E-state index contributed by atoms with van der Waals surface area (Å²) in [5.74, 6) is 0. The molecule has 0 spiro atoms. The van der Waals surface area contributed by atoms with E-state index in [9.17, 15) is 0 Å². The Morgan fingerprint density at radius 3 is 2.85 bits per heavy atom. The van der Waals surface area contributed by atoms with Crippen LogP contribution in [0, 0.1) is 0 Å². The minimum atomic E-state index is 0.102. The maximum Gasteiger partial charge on any atom is 0.0705 e. The Hall–Kier alpha value is -0.200. The Labute approximate surface area is 80.2 Å². The first-order valence-corrected chi connectivity index (χ1v) is 4.85. The highest BCUT2D eigenvalue weighted by Gasteiger charge is 2.13. The number of hydrogen-bond donors (Lipinski definition) is 3. The van der Waals surface area contributed by atoms with Crippen molar-refractivity contribution in [1.82, 2.24) is 20.9 Å². The van der Waals surface area contributed by atoms with Gasteiger partial charge in [0.05, 0.1) is 6.17 Å². The van der Waals surface area contributed by atoms with Gasteiger partial charge in [0.1, 0.15) is 0 Å². The van der Waals surface area contributed by atoms with Gasteiger partial charge in [0, 0.05) is 13.1 Å². The number of hydrazine groups is 2. The van der Waals surface area contributed by atoms with E-state index >= 15 is 0 Å². The van der Waals surface area contributed by atoms with Gasteiger partial charge in [0.25, 0.3) is 0 Å². The summed E-state index contributed by atoms with van der Waals surface area (Å²) in [4.78, 5) is 2.20. The molecule has 0 amide bonds. The third kappa shape index (κ3) is 4.54. The van der Waals surface area contributed by atoms with Crippen LogP contribution in [0.15, 0.2) is 0 Å². The van der Waals surface area contributed by atoms with Crippen LogP contribution in [0.1, 0.15) is 12.8 Å². The maximum atomic E-state index is 5.67. The summed E-state index contributed by atoms with van der Waals surface area (Å²) in [6, 6.07) is 0. The highest BCUT2D eigenvalue weighted by molar-refractivity contribution is 4.64. The number of nitrogens with zero attached hydrogens (tertiary/aromatic N) is 2. The molecule has 0 radical (unpaired) electrons. The average molecular weight is 187 g/mol. The molecule has 1 aliphatic heterocycles. The van der Waals surface area contributed by atoms with Gasteiger partial charge in [-0.15, -0.1) is 0 Å². The Morgan fingerprint density at radius 1 is 1.54 bits per heavy atom. The van der Waals surface area contributed by atoms with Crippen LogP contribution in [0.4, 0.5) is 0 Å². The molecule has 1 aliphatic rings. The molecule has 1 fully saturated rings. The standard InChI is InChI=1S/C8H21N5/c1-12(2)5-3-6-13-7-4-8(9)10-11-13/h8,10-11H,3-7,9H2,1-2H3. The van der Waals surface area contributed by atoms with Crippen LogP contribution in [-0.4, -0.2) is 49.8 Å². The fourth-order valence-corrected chi connectivity index (χ4v) is 1.34. The molecule has 5 heteroatoms. The topological polar surface area (TPSA) is 56.6 Å². The van der Waals surface area contributed by atoms with Gasteiger partial charge in [0.15, 0.2) is 0 Å². The highest BCUT2D eigenvalue weighted by Crippen LogP contribution is 1.96. The molecule has 1 atom stereocenters. The van der Waals surface area contributed by atoms with Crippen molar-refractivity contribution in [2.45, 2.75) is 19.0 Å². The van der Waals surface area contributed by atoms with Crippen molar-refractivity contribution in [3.05, 3.63) is 0 Å². The molecule has 0 saturated carbocycles. The van der Waals surface area contributed by atoms with Gasteiger partial charge in [-0.2, -0.15) is 5.53 Å². The zero-order valence-electron chi connectivity index (χ0n) is 8.58. The largest absolute Gasteiger partial charge is 0.315 e. The quantitative estimate of drug-likeness (QED) is 0.524. The Balaban J connectivity index is 2.02. The molecule has 13 heavy (non-hydrogen) atoms. The van der Waals surface area contributed by atoms with E-state index in [1.807, 2.05) is 0 Å². The molecule has 1 unspecified atom stereocenters. The van der Waals surface area contributed by atoms with Crippen LogP contribution in [0.5, 0.6) is 0 Å². The van der Waals surface area contributed by atoms with Crippen molar-refractivity contribution in [3.63, 3.8) is 0 Å². The smallest absolute Gasteiger partial charge is 0.0705 e. The van der Waals surface area contributed by atoms with E-state index in [0.29, 0.717) is 0 Å². The lowest BCUT2D eigenvalue weighted by Gasteiger charge is -2.31. The fraction of sp³-hybridized carbons (Fsp3) is 1.00. The number of nitrogens with one attached hydrogen (secondary N) is 2. The first-order chi connectivity index (χ1) is 6.18. The maximum absolute atomic E-state index is 5.67. The predicted octanol–water partition coefficient (Wildman–Crippen LogP) is -1.06. The van der Waals surface area contributed by atoms with Crippen molar-refractivity contribution >= 4 is 0 Å². The zero-order valence-corrected chi connectivity index (χ0v) is 8.58. The van der Waals surface area contributed by atoms with E-state index in [1.54, 1.807) is 0 Å². The van der Waals surface area contributed by atoms with Crippen molar-refractivity contribution in [3.8, 4) is 0 Å². The zero-order chi connectivity index (χ0) is 9.68. The Kier molecular flexibility index (Phi) is 4.61. The fourth-order valence-electron chi connectivity index (χ4n) is 1.34. The molecule has 1 saturated heterocycles. The van der Waals surface area contributed by atoms with Crippen LogP contribution in [0.25, 0.3) is 0 Å². The Bertz CT molecular complexity index is 130. The molecule has 5 nitrogen and oxygen atoms in total. The second-order valence-electron chi connectivity index (χ2n) is 3.80. The third-order valence-corrected chi connectivity index (χ3v) is 2.15. The molecule has 0 aromatic rings. The molecular weight excluding hydrogens is 166 g/mol. The molecule has 0 bridgehead atoms. The molecule has 1 rings (SSSR count). The van der Waals surface area contributed by atoms with Gasteiger partial charge in [0.2, 0.25) is 0 Å². The second-order valence-corrected chi connectivity index (χ2v) is 3.80. The third-order valence-electron chi connectivity index (χ3n) is 2.15. The summed E-state index contributed by atoms with van der Waals surface area (Å²) in [7, 11) is 4.19. The minimum absolute atomic E-state index is 0.102. The SMILES string of the molecule is CN(C)CCCN1CCC(N)NN1. The summed E-state index contributed by atoms with van der Waals surface area (Å²) >= 11 is 0. The monoisotopic (exact) mass is 187 g/mol. The molecule has 0 aromatic heterocycles. The van der Waals surface area contributed by atoms with Crippen LogP contribution >= 0.6 is 0 Å². The minimum Gasteiger partial charge on any atom is -0.315 e. The Morgan fingerprint density at radius 2 is 2.31 bits per heavy atom. The van der Waals surface area contributed by atoms with Gasteiger partial charge >= 0.3 is 0 Å². The van der Waals surface area contributed by atoms with Gasteiger partial charge in [-0.05, 0) is 33.5 Å². The van der Waals surface area contributed by atoms with Gasteiger partial charge in [-0.25, -0.2) is 10.4 Å². The lowest BCUT2D eigenvalue weighted by molar-refractivity contribution is 0.0868. The summed E-state index contributed by atoms with van der Waals surface area (Å²) < 4.78 is 0. The average Bonchev–Trinajstić information content (AvgIpc) is 2.08. The summed E-state index contributed by atoms with van der Waals surface area (Å²) in [5.41, 5.74) is 11.8. The summed E-state index contributed by atoms with van der Waals surface area (Å²) in [6.45, 7) is 3.23. The molecule has 0 aromatic carbocycles. The summed E-state index contributed by atoms with van der Waals surface area (Å²) in [5, 5.41) is 2.17. The van der Waals surface area contributed by atoms with Gasteiger partial charge in [-0.3, -0.25) is 0 Å². The number of rotatable bonds is 4. The first kappa shape index (κ1) is 10.9. The van der Waals surface area contributed by atoms with Crippen LogP contribution < -0.4 is 16.7 Å².